The Bertz CT molecular complexity index is 465. The first-order chi connectivity index (χ1) is 8.52. The molecule has 0 radical (unpaired) electrons. The van der Waals surface area contributed by atoms with E-state index in [0.717, 1.165) is 24.6 Å². The minimum Gasteiger partial charge on any atom is -0.352 e. The lowest BCUT2D eigenvalue weighted by atomic mass is 10.1. The van der Waals surface area contributed by atoms with Gasteiger partial charge in [-0.2, -0.15) is 5.26 Å². The zero-order valence-corrected chi connectivity index (χ0v) is 11.5. The van der Waals surface area contributed by atoms with Gasteiger partial charge in [-0.1, -0.05) is 0 Å². The molecule has 96 valence electrons. The van der Waals surface area contributed by atoms with E-state index in [4.69, 9.17) is 0 Å². The van der Waals surface area contributed by atoms with Crippen molar-refractivity contribution in [1.82, 2.24) is 9.88 Å². The molecule has 0 aliphatic carbocycles. The molecule has 0 saturated carbocycles. The Kier molecular flexibility index (Phi) is 3.53. The van der Waals surface area contributed by atoms with Crippen LogP contribution < -0.4 is 4.90 Å². The second-order valence-electron chi connectivity index (χ2n) is 5.20. The fraction of sp³-hybridized carbons (Fsp3) is 0.571. The van der Waals surface area contributed by atoms with Crippen LogP contribution in [0.25, 0.3) is 0 Å². The maximum absolute atomic E-state index is 9.20. The van der Waals surface area contributed by atoms with Gasteiger partial charge in [0.15, 0.2) is 0 Å². The average Bonchev–Trinajstić information content (AvgIpc) is 2.35. The van der Waals surface area contributed by atoms with Crippen LogP contribution >= 0.6 is 0 Å². The van der Waals surface area contributed by atoms with Gasteiger partial charge in [-0.15, -0.1) is 0 Å². The molecule has 2 rings (SSSR count). The van der Waals surface area contributed by atoms with Gasteiger partial charge < -0.3 is 4.90 Å². The van der Waals surface area contributed by atoms with E-state index in [1.807, 2.05) is 19.1 Å². The number of hydrogen-bond donors (Lipinski definition) is 0. The fourth-order valence-electron chi connectivity index (χ4n) is 2.45. The fourth-order valence-corrected chi connectivity index (χ4v) is 2.45. The minimum absolute atomic E-state index is 0.475. The Morgan fingerprint density at radius 1 is 1.28 bits per heavy atom. The number of nitriles is 1. The summed E-state index contributed by atoms with van der Waals surface area (Å²) < 4.78 is 0. The van der Waals surface area contributed by atoms with Gasteiger partial charge in [0.25, 0.3) is 0 Å². The van der Waals surface area contributed by atoms with E-state index >= 15 is 0 Å². The zero-order valence-electron chi connectivity index (χ0n) is 11.5. The molecule has 1 fully saturated rings. The van der Waals surface area contributed by atoms with Gasteiger partial charge in [0.05, 0.1) is 5.56 Å². The Morgan fingerprint density at radius 2 is 1.89 bits per heavy atom. The van der Waals surface area contributed by atoms with E-state index in [1.54, 1.807) is 0 Å². The van der Waals surface area contributed by atoms with Crippen molar-refractivity contribution in [3.63, 3.8) is 0 Å². The molecule has 18 heavy (non-hydrogen) atoms. The van der Waals surface area contributed by atoms with Crippen LogP contribution in [0, 0.1) is 18.3 Å². The molecule has 1 saturated heterocycles. The maximum Gasteiger partial charge on any atom is 0.146 e. The first kappa shape index (κ1) is 12.8. The molecule has 1 aromatic rings. The molecule has 0 spiro atoms. The molecule has 4 nitrogen and oxygen atoms in total. The number of hydrogen-bond acceptors (Lipinski definition) is 4. The summed E-state index contributed by atoms with van der Waals surface area (Å²) in [4.78, 5) is 9.16. The van der Waals surface area contributed by atoms with Gasteiger partial charge in [-0.25, -0.2) is 4.98 Å². The predicted octanol–water partition coefficient (Wildman–Crippen LogP) is 1.79. The lowest BCUT2D eigenvalue weighted by molar-refractivity contribution is 0.169. The van der Waals surface area contributed by atoms with Crippen LogP contribution in [0.5, 0.6) is 0 Å². The third-order valence-corrected chi connectivity index (χ3v) is 3.79. The quantitative estimate of drug-likeness (QED) is 0.755. The van der Waals surface area contributed by atoms with Gasteiger partial charge >= 0.3 is 0 Å². The Hall–Kier alpha value is -1.60. The number of aromatic nitrogens is 1. The number of piperazine rings is 1. The third-order valence-electron chi connectivity index (χ3n) is 3.79. The standard InChI is InChI=1S/C14H20N4/c1-10-5-6-13(7-15)14(16-10)18-8-11(2)17(4)12(3)9-18/h5-6,11-12H,8-9H2,1-4H3. The molecule has 1 aromatic heterocycles. The Labute approximate surface area is 109 Å². The zero-order chi connectivity index (χ0) is 13.3. The van der Waals surface area contributed by atoms with Crippen molar-refractivity contribution < 1.29 is 0 Å². The van der Waals surface area contributed by atoms with Crippen molar-refractivity contribution in [2.75, 3.05) is 25.0 Å². The second-order valence-corrected chi connectivity index (χ2v) is 5.20. The molecule has 2 unspecified atom stereocenters. The lowest BCUT2D eigenvalue weighted by Gasteiger charge is -2.43. The second kappa shape index (κ2) is 4.95. The van der Waals surface area contributed by atoms with Crippen molar-refractivity contribution >= 4 is 5.82 Å². The number of rotatable bonds is 1. The van der Waals surface area contributed by atoms with Crippen molar-refractivity contribution in [1.29, 1.82) is 5.26 Å². The highest BCUT2D eigenvalue weighted by atomic mass is 15.3. The summed E-state index contributed by atoms with van der Waals surface area (Å²) in [5.74, 6) is 0.837. The first-order valence-corrected chi connectivity index (χ1v) is 6.37. The van der Waals surface area contributed by atoms with E-state index < -0.39 is 0 Å². The monoisotopic (exact) mass is 244 g/mol. The highest BCUT2D eigenvalue weighted by molar-refractivity contribution is 5.54. The first-order valence-electron chi connectivity index (χ1n) is 6.37. The SMILES string of the molecule is Cc1ccc(C#N)c(N2CC(C)N(C)C(C)C2)n1. The molecule has 0 amide bonds. The molecule has 2 atom stereocenters. The Morgan fingerprint density at radius 3 is 2.44 bits per heavy atom. The summed E-state index contributed by atoms with van der Waals surface area (Å²) in [6, 6.07) is 6.95. The van der Waals surface area contributed by atoms with Crippen LogP contribution in [0.1, 0.15) is 25.1 Å². The lowest BCUT2D eigenvalue weighted by Crippen LogP contribution is -2.55. The van der Waals surface area contributed by atoms with Crippen molar-refractivity contribution in [3.05, 3.63) is 23.4 Å². The van der Waals surface area contributed by atoms with Crippen molar-refractivity contribution in [3.8, 4) is 6.07 Å². The van der Waals surface area contributed by atoms with E-state index in [9.17, 15) is 5.26 Å². The largest absolute Gasteiger partial charge is 0.352 e. The van der Waals surface area contributed by atoms with Gasteiger partial charge in [0, 0.05) is 30.9 Å². The summed E-state index contributed by atoms with van der Waals surface area (Å²) in [5.41, 5.74) is 1.63. The summed E-state index contributed by atoms with van der Waals surface area (Å²) in [6.45, 7) is 8.24. The van der Waals surface area contributed by atoms with Gasteiger partial charge in [-0.05, 0) is 40.0 Å². The van der Waals surface area contributed by atoms with Crippen molar-refractivity contribution in [2.45, 2.75) is 32.9 Å². The molecule has 4 heteroatoms. The maximum atomic E-state index is 9.20. The topological polar surface area (TPSA) is 43.2 Å². The van der Waals surface area contributed by atoms with Crippen LogP contribution in [0.3, 0.4) is 0 Å². The molecular weight excluding hydrogens is 224 g/mol. The van der Waals surface area contributed by atoms with Crippen LogP contribution in [0.2, 0.25) is 0 Å². The van der Waals surface area contributed by atoms with E-state index in [2.05, 4.69) is 41.7 Å². The van der Waals surface area contributed by atoms with E-state index in [0.29, 0.717) is 17.6 Å². The summed E-state index contributed by atoms with van der Waals surface area (Å²) in [7, 11) is 2.15. The molecule has 0 bridgehead atoms. The van der Waals surface area contributed by atoms with E-state index in [1.165, 1.54) is 0 Å². The summed E-state index contributed by atoms with van der Waals surface area (Å²) in [5, 5.41) is 9.20. The van der Waals surface area contributed by atoms with Crippen molar-refractivity contribution in [2.24, 2.45) is 0 Å². The van der Waals surface area contributed by atoms with Gasteiger partial charge in [0.1, 0.15) is 11.9 Å². The van der Waals surface area contributed by atoms with Gasteiger partial charge in [0.2, 0.25) is 0 Å². The Balaban J connectivity index is 2.32. The van der Waals surface area contributed by atoms with Crippen LogP contribution in [0.15, 0.2) is 12.1 Å². The van der Waals surface area contributed by atoms with E-state index in [-0.39, 0.29) is 0 Å². The number of aryl methyl sites for hydroxylation is 1. The highest BCUT2D eigenvalue weighted by Crippen LogP contribution is 2.23. The molecule has 0 aromatic carbocycles. The smallest absolute Gasteiger partial charge is 0.146 e. The minimum atomic E-state index is 0.475. The summed E-state index contributed by atoms with van der Waals surface area (Å²) in [6.07, 6.45) is 0. The molecular formula is C14H20N4. The number of nitrogens with zero attached hydrogens (tertiary/aromatic N) is 4. The molecule has 1 aliphatic rings. The third kappa shape index (κ3) is 2.32. The molecule has 2 heterocycles. The molecule has 0 N–H and O–H groups in total. The number of pyridine rings is 1. The summed E-state index contributed by atoms with van der Waals surface area (Å²) >= 11 is 0. The number of likely N-dealkylation sites (N-methyl/N-ethyl adjacent to an activating group) is 1. The van der Waals surface area contributed by atoms with Crippen LogP contribution in [0.4, 0.5) is 5.82 Å². The highest BCUT2D eigenvalue weighted by Gasteiger charge is 2.28. The molecule has 1 aliphatic heterocycles. The van der Waals surface area contributed by atoms with Gasteiger partial charge in [-0.3, -0.25) is 4.90 Å². The van der Waals surface area contributed by atoms with Crippen LogP contribution in [-0.2, 0) is 0 Å². The number of anilines is 1. The predicted molar refractivity (Wildman–Crippen MR) is 72.6 cm³/mol. The normalized spacial score (nSPS) is 24.9. The average molecular weight is 244 g/mol. The van der Waals surface area contributed by atoms with Crippen LogP contribution in [-0.4, -0.2) is 42.1 Å².